The highest BCUT2D eigenvalue weighted by Crippen LogP contribution is 2.25. The zero-order chi connectivity index (χ0) is 13.8. The maximum absolute atomic E-state index is 11.6. The third-order valence-corrected chi connectivity index (χ3v) is 2.87. The van der Waals surface area contributed by atoms with E-state index in [1.54, 1.807) is 6.07 Å². The second-order valence-corrected chi connectivity index (χ2v) is 4.37. The second-order valence-electron chi connectivity index (χ2n) is 4.37. The predicted molar refractivity (Wildman–Crippen MR) is 74.7 cm³/mol. The highest BCUT2D eigenvalue weighted by atomic mass is 16.3. The van der Waals surface area contributed by atoms with Crippen molar-refractivity contribution in [1.29, 1.82) is 0 Å². The van der Waals surface area contributed by atoms with Gasteiger partial charge in [-0.1, -0.05) is 12.1 Å². The summed E-state index contributed by atoms with van der Waals surface area (Å²) in [6.07, 6.45) is 0.273. The lowest BCUT2D eigenvalue weighted by Crippen LogP contribution is -2.16. The predicted octanol–water partition coefficient (Wildman–Crippen LogP) is 1.32. The van der Waals surface area contributed by atoms with E-state index >= 15 is 0 Å². The van der Waals surface area contributed by atoms with Crippen molar-refractivity contribution in [3.8, 4) is 0 Å². The van der Waals surface area contributed by atoms with Gasteiger partial charge in [-0.25, -0.2) is 0 Å². The fourth-order valence-electron chi connectivity index (χ4n) is 2.04. The number of carbonyl (C=O) groups is 1. The minimum absolute atomic E-state index is 0.0555. The number of benzene rings is 1. The molecule has 0 radical (unpaired) electrons. The molecule has 0 saturated carbocycles. The van der Waals surface area contributed by atoms with Crippen molar-refractivity contribution in [1.82, 2.24) is 4.98 Å². The Hall–Kier alpha value is -1.98. The van der Waals surface area contributed by atoms with Crippen LogP contribution in [0.1, 0.15) is 17.7 Å². The zero-order valence-corrected chi connectivity index (χ0v) is 10.8. The SMILES string of the molecule is Cc1cc(CO)c2cccc(NC(=O)CCN)c2n1. The van der Waals surface area contributed by atoms with Crippen LogP contribution in [0.3, 0.4) is 0 Å². The molecule has 0 atom stereocenters. The van der Waals surface area contributed by atoms with Crippen LogP contribution in [0, 0.1) is 6.92 Å². The normalized spacial score (nSPS) is 10.7. The van der Waals surface area contributed by atoms with Crippen molar-refractivity contribution in [3.05, 3.63) is 35.5 Å². The Labute approximate surface area is 111 Å². The van der Waals surface area contributed by atoms with Crippen LogP contribution in [0.25, 0.3) is 10.9 Å². The number of para-hydroxylation sites is 1. The molecule has 0 aliphatic carbocycles. The molecular weight excluding hydrogens is 242 g/mol. The zero-order valence-electron chi connectivity index (χ0n) is 10.8. The molecule has 0 aliphatic rings. The van der Waals surface area contributed by atoms with Crippen LogP contribution in [0.5, 0.6) is 0 Å². The Balaban J connectivity index is 2.50. The van der Waals surface area contributed by atoms with E-state index in [-0.39, 0.29) is 18.9 Å². The molecule has 0 aliphatic heterocycles. The number of fused-ring (bicyclic) bond motifs is 1. The van der Waals surface area contributed by atoms with Gasteiger partial charge in [-0.3, -0.25) is 9.78 Å². The summed E-state index contributed by atoms with van der Waals surface area (Å²) >= 11 is 0. The van der Waals surface area contributed by atoms with E-state index in [1.807, 2.05) is 25.1 Å². The summed E-state index contributed by atoms with van der Waals surface area (Å²) < 4.78 is 0. The number of aliphatic hydroxyl groups is 1. The number of hydrogen-bond donors (Lipinski definition) is 3. The third-order valence-electron chi connectivity index (χ3n) is 2.87. The fraction of sp³-hybridized carbons (Fsp3) is 0.286. The molecule has 1 amide bonds. The number of hydrogen-bond acceptors (Lipinski definition) is 4. The number of nitrogens with zero attached hydrogens (tertiary/aromatic N) is 1. The smallest absolute Gasteiger partial charge is 0.225 e. The van der Waals surface area contributed by atoms with E-state index in [9.17, 15) is 9.90 Å². The lowest BCUT2D eigenvalue weighted by Gasteiger charge is -2.11. The lowest BCUT2D eigenvalue weighted by atomic mass is 10.1. The van der Waals surface area contributed by atoms with Crippen molar-refractivity contribution in [3.63, 3.8) is 0 Å². The average Bonchev–Trinajstić information content (AvgIpc) is 2.39. The summed E-state index contributed by atoms with van der Waals surface area (Å²) in [5.41, 5.74) is 8.30. The summed E-state index contributed by atoms with van der Waals surface area (Å²) in [4.78, 5) is 16.1. The molecule has 5 heteroatoms. The largest absolute Gasteiger partial charge is 0.392 e. The van der Waals surface area contributed by atoms with E-state index in [2.05, 4.69) is 10.3 Å². The van der Waals surface area contributed by atoms with Gasteiger partial charge in [0.1, 0.15) is 0 Å². The van der Waals surface area contributed by atoms with Gasteiger partial charge in [-0.05, 0) is 24.6 Å². The van der Waals surface area contributed by atoms with Gasteiger partial charge in [0.15, 0.2) is 0 Å². The molecule has 1 heterocycles. The summed E-state index contributed by atoms with van der Waals surface area (Å²) in [5.74, 6) is -0.135. The maximum atomic E-state index is 11.6. The van der Waals surface area contributed by atoms with Gasteiger partial charge in [-0.15, -0.1) is 0 Å². The summed E-state index contributed by atoms with van der Waals surface area (Å²) in [5, 5.41) is 13.0. The number of pyridine rings is 1. The van der Waals surface area contributed by atoms with Crippen molar-refractivity contribution in [2.45, 2.75) is 20.0 Å². The molecule has 19 heavy (non-hydrogen) atoms. The molecule has 5 nitrogen and oxygen atoms in total. The Morgan fingerprint density at radius 1 is 1.47 bits per heavy atom. The van der Waals surface area contributed by atoms with E-state index < -0.39 is 0 Å². The number of nitrogens with two attached hydrogens (primary N) is 1. The number of anilines is 1. The van der Waals surface area contributed by atoms with Crippen LogP contribution >= 0.6 is 0 Å². The number of nitrogens with one attached hydrogen (secondary N) is 1. The first-order valence-corrected chi connectivity index (χ1v) is 6.15. The average molecular weight is 259 g/mol. The van der Waals surface area contributed by atoms with Crippen LogP contribution in [0.4, 0.5) is 5.69 Å². The van der Waals surface area contributed by atoms with Crippen molar-refractivity contribution >= 4 is 22.5 Å². The third kappa shape index (κ3) is 2.89. The van der Waals surface area contributed by atoms with E-state index in [0.717, 1.165) is 16.6 Å². The summed E-state index contributed by atoms with van der Waals surface area (Å²) in [6, 6.07) is 7.35. The van der Waals surface area contributed by atoms with Crippen LogP contribution in [-0.4, -0.2) is 22.5 Å². The Kier molecular flexibility index (Phi) is 4.09. The standard InChI is InChI=1S/C14H17N3O2/c1-9-7-10(8-18)11-3-2-4-12(14(11)16-9)17-13(19)5-6-15/h2-4,7,18H,5-6,8,15H2,1H3,(H,17,19). The highest BCUT2D eigenvalue weighted by Gasteiger charge is 2.09. The Bertz CT molecular complexity index is 611. The molecule has 0 fully saturated rings. The Morgan fingerprint density at radius 3 is 2.95 bits per heavy atom. The first kappa shape index (κ1) is 13.5. The maximum Gasteiger partial charge on any atom is 0.225 e. The quantitative estimate of drug-likeness (QED) is 0.772. The second kappa shape index (κ2) is 5.77. The number of aliphatic hydroxyl groups excluding tert-OH is 1. The number of amides is 1. The first-order valence-electron chi connectivity index (χ1n) is 6.15. The molecule has 4 N–H and O–H groups in total. The van der Waals surface area contributed by atoms with Gasteiger partial charge >= 0.3 is 0 Å². The minimum Gasteiger partial charge on any atom is -0.392 e. The summed E-state index contributed by atoms with van der Waals surface area (Å²) in [7, 11) is 0. The molecule has 1 aromatic heterocycles. The molecule has 0 unspecified atom stereocenters. The van der Waals surface area contributed by atoms with Crippen LogP contribution in [-0.2, 0) is 11.4 Å². The molecule has 0 spiro atoms. The lowest BCUT2D eigenvalue weighted by molar-refractivity contribution is -0.116. The molecule has 2 aromatic rings. The van der Waals surface area contributed by atoms with Crippen LogP contribution in [0.15, 0.2) is 24.3 Å². The van der Waals surface area contributed by atoms with Gasteiger partial charge in [0, 0.05) is 24.0 Å². The van der Waals surface area contributed by atoms with Gasteiger partial charge < -0.3 is 16.2 Å². The summed E-state index contributed by atoms with van der Waals surface area (Å²) in [6.45, 7) is 2.11. The van der Waals surface area contributed by atoms with Gasteiger partial charge in [-0.2, -0.15) is 0 Å². The van der Waals surface area contributed by atoms with E-state index in [0.29, 0.717) is 17.7 Å². The minimum atomic E-state index is -0.135. The van der Waals surface area contributed by atoms with Crippen molar-refractivity contribution in [2.24, 2.45) is 5.73 Å². The molecule has 2 rings (SSSR count). The fourth-order valence-corrected chi connectivity index (χ4v) is 2.04. The number of rotatable bonds is 4. The van der Waals surface area contributed by atoms with E-state index in [1.165, 1.54) is 0 Å². The van der Waals surface area contributed by atoms with Gasteiger partial charge in [0.2, 0.25) is 5.91 Å². The Morgan fingerprint density at radius 2 is 2.26 bits per heavy atom. The highest BCUT2D eigenvalue weighted by molar-refractivity contribution is 6.01. The van der Waals surface area contributed by atoms with Gasteiger partial charge in [0.25, 0.3) is 0 Å². The topological polar surface area (TPSA) is 88.2 Å². The number of aromatic nitrogens is 1. The molecule has 100 valence electrons. The number of aryl methyl sites for hydroxylation is 1. The van der Waals surface area contributed by atoms with Crippen molar-refractivity contribution < 1.29 is 9.90 Å². The molecular formula is C14H17N3O2. The van der Waals surface area contributed by atoms with E-state index in [4.69, 9.17) is 5.73 Å². The molecule has 1 aromatic carbocycles. The van der Waals surface area contributed by atoms with Gasteiger partial charge in [0.05, 0.1) is 17.8 Å². The van der Waals surface area contributed by atoms with Crippen LogP contribution < -0.4 is 11.1 Å². The molecule has 0 bridgehead atoms. The monoisotopic (exact) mass is 259 g/mol. The molecule has 0 saturated heterocycles. The number of carbonyl (C=O) groups excluding carboxylic acids is 1. The first-order chi connectivity index (χ1) is 9.15. The van der Waals surface area contributed by atoms with Crippen LogP contribution in [0.2, 0.25) is 0 Å². The van der Waals surface area contributed by atoms with Crippen molar-refractivity contribution in [2.75, 3.05) is 11.9 Å².